The summed E-state index contributed by atoms with van der Waals surface area (Å²) in [6, 6.07) is 10.4. The van der Waals surface area contributed by atoms with Crippen LogP contribution in [0.3, 0.4) is 0 Å². The van der Waals surface area contributed by atoms with Crippen molar-refractivity contribution in [3.05, 3.63) is 65.1 Å². The number of carbonyl (C=O) groups is 1. The lowest BCUT2D eigenvalue weighted by Crippen LogP contribution is -2.45. The van der Waals surface area contributed by atoms with Crippen LogP contribution >= 0.6 is 0 Å². The minimum Gasteiger partial charge on any atom is -0.383 e. The number of carbonyl (C=O) groups excluding carboxylic acids is 1. The van der Waals surface area contributed by atoms with Gasteiger partial charge in [0.2, 0.25) is 5.95 Å². The summed E-state index contributed by atoms with van der Waals surface area (Å²) >= 11 is 0. The van der Waals surface area contributed by atoms with E-state index in [0.717, 1.165) is 11.6 Å². The number of anilines is 2. The predicted octanol–water partition coefficient (Wildman–Crippen LogP) is 5.30. The Hall–Kier alpha value is -3.66. The molecule has 1 aromatic heterocycles. The first-order valence-corrected chi connectivity index (χ1v) is 12.5. The maximum atomic E-state index is 15.0. The molecule has 1 fully saturated rings. The molecule has 5 rings (SSSR count). The highest BCUT2D eigenvalue weighted by Gasteiger charge is 2.37. The van der Waals surface area contributed by atoms with E-state index in [1.807, 2.05) is 13.8 Å². The third kappa shape index (κ3) is 4.92. The number of nitrogens with one attached hydrogen (secondary N) is 1. The molecule has 0 aliphatic carbocycles. The summed E-state index contributed by atoms with van der Waals surface area (Å²) in [4.78, 5) is 17.6. The summed E-state index contributed by atoms with van der Waals surface area (Å²) in [5, 5.41) is 2.77. The number of fused-ring (bicyclic) bond motifs is 1. The summed E-state index contributed by atoms with van der Waals surface area (Å²) in [6.45, 7) is 5.40. The molecule has 6 nitrogen and oxygen atoms in total. The molecule has 1 saturated heterocycles. The van der Waals surface area contributed by atoms with Crippen molar-refractivity contribution in [2.45, 2.75) is 32.5 Å². The molecule has 10 heteroatoms. The third-order valence-electron chi connectivity index (χ3n) is 7.14. The van der Waals surface area contributed by atoms with E-state index >= 15 is 4.39 Å². The third-order valence-corrected chi connectivity index (χ3v) is 7.14. The summed E-state index contributed by atoms with van der Waals surface area (Å²) in [7, 11) is 0. The van der Waals surface area contributed by atoms with E-state index in [1.165, 1.54) is 18.2 Å². The first-order chi connectivity index (χ1) is 18.0. The molecular formula is C28H28F4N4O2. The lowest BCUT2D eigenvalue weighted by atomic mass is 9.93. The Kier molecular flexibility index (Phi) is 6.77. The summed E-state index contributed by atoms with van der Waals surface area (Å²) < 4.78 is 63.5. The Morgan fingerprint density at radius 2 is 1.82 bits per heavy atom. The largest absolute Gasteiger partial charge is 0.418 e. The number of nitrogens with two attached hydrogens (primary N) is 1. The number of nitrogen functional groups attached to an aromatic ring is 1. The maximum absolute atomic E-state index is 15.0. The van der Waals surface area contributed by atoms with Crippen molar-refractivity contribution in [3.63, 3.8) is 0 Å². The standard InChI is InChI=1S/C28H28F4N4O2/c1-15(2)24-14-36(9-10-38-24)23-6-4-17(12-22(23)28(30,31)32)20-13-21(26(33)35-25(20)29)16-3-5-19-18(11-16)7-8-34-27(19)37/h3-6,11-13,15,24H,7-10,14H2,1-2H3,(H2,33,35)(H,34,37)/t24-/m1/s1. The molecule has 0 bridgehead atoms. The molecule has 0 saturated carbocycles. The Bertz CT molecular complexity index is 1390. The number of halogens is 4. The van der Waals surface area contributed by atoms with Gasteiger partial charge < -0.3 is 20.7 Å². The van der Waals surface area contributed by atoms with Crippen molar-refractivity contribution in [3.8, 4) is 22.3 Å². The van der Waals surface area contributed by atoms with Crippen molar-refractivity contribution >= 4 is 17.4 Å². The molecule has 1 amide bonds. The lowest BCUT2D eigenvalue weighted by molar-refractivity contribution is -0.137. The second kappa shape index (κ2) is 9.90. The minimum atomic E-state index is -4.66. The molecule has 1 atom stereocenters. The van der Waals surface area contributed by atoms with Crippen LogP contribution in [-0.2, 0) is 17.3 Å². The van der Waals surface area contributed by atoms with Crippen LogP contribution in [0.25, 0.3) is 22.3 Å². The first-order valence-electron chi connectivity index (χ1n) is 12.5. The van der Waals surface area contributed by atoms with E-state index in [4.69, 9.17) is 10.5 Å². The van der Waals surface area contributed by atoms with Gasteiger partial charge in [-0.05, 0) is 53.3 Å². The van der Waals surface area contributed by atoms with Gasteiger partial charge in [0, 0.05) is 42.0 Å². The molecule has 2 aliphatic heterocycles. The molecule has 3 aromatic rings. The molecule has 200 valence electrons. The molecule has 0 spiro atoms. The fraction of sp³-hybridized carbons (Fsp3) is 0.357. The number of benzene rings is 2. The lowest BCUT2D eigenvalue weighted by Gasteiger charge is -2.37. The summed E-state index contributed by atoms with van der Waals surface area (Å²) in [5.74, 6) is -1.08. The van der Waals surface area contributed by atoms with Crippen molar-refractivity contribution in [2.75, 3.05) is 36.9 Å². The van der Waals surface area contributed by atoms with Gasteiger partial charge in [0.25, 0.3) is 5.91 Å². The second-order valence-electron chi connectivity index (χ2n) is 9.97. The number of nitrogens with zero attached hydrogens (tertiary/aromatic N) is 2. The average Bonchev–Trinajstić information content (AvgIpc) is 2.88. The highest BCUT2D eigenvalue weighted by Crippen LogP contribution is 2.41. The Labute approximate surface area is 217 Å². The second-order valence-corrected chi connectivity index (χ2v) is 9.97. The van der Waals surface area contributed by atoms with Crippen LogP contribution in [0, 0.1) is 11.9 Å². The van der Waals surface area contributed by atoms with E-state index in [9.17, 15) is 18.0 Å². The van der Waals surface area contributed by atoms with Gasteiger partial charge in [0.05, 0.1) is 18.3 Å². The number of ether oxygens (including phenoxy) is 1. The number of pyridine rings is 1. The van der Waals surface area contributed by atoms with Crippen LogP contribution in [0.4, 0.5) is 29.1 Å². The number of aromatic nitrogens is 1. The molecule has 0 radical (unpaired) electrons. The zero-order chi connectivity index (χ0) is 27.2. The maximum Gasteiger partial charge on any atom is 0.418 e. The molecule has 2 aliphatic rings. The van der Waals surface area contributed by atoms with Gasteiger partial charge in [-0.1, -0.05) is 32.0 Å². The van der Waals surface area contributed by atoms with Crippen molar-refractivity contribution < 1.29 is 27.1 Å². The number of hydrogen-bond acceptors (Lipinski definition) is 5. The smallest absolute Gasteiger partial charge is 0.383 e. The van der Waals surface area contributed by atoms with Gasteiger partial charge in [-0.25, -0.2) is 4.98 Å². The van der Waals surface area contributed by atoms with Gasteiger partial charge in [0.1, 0.15) is 5.82 Å². The molecule has 38 heavy (non-hydrogen) atoms. The van der Waals surface area contributed by atoms with Crippen LogP contribution in [0.5, 0.6) is 0 Å². The monoisotopic (exact) mass is 528 g/mol. The van der Waals surface area contributed by atoms with Gasteiger partial charge in [0.15, 0.2) is 0 Å². The first kappa shape index (κ1) is 26.0. The van der Waals surface area contributed by atoms with E-state index in [0.29, 0.717) is 49.4 Å². The molecule has 2 aromatic carbocycles. The SMILES string of the molecule is CC(C)[C@H]1CN(c2ccc(-c3cc(-c4ccc5c(c4)CCNC5=O)c(N)nc3F)cc2C(F)(F)F)CCO1. The van der Waals surface area contributed by atoms with Crippen LogP contribution in [0.15, 0.2) is 42.5 Å². The van der Waals surface area contributed by atoms with Gasteiger partial charge >= 0.3 is 6.18 Å². The van der Waals surface area contributed by atoms with Crippen molar-refractivity contribution in [1.29, 1.82) is 0 Å². The topological polar surface area (TPSA) is 80.5 Å². The number of amides is 1. The van der Waals surface area contributed by atoms with Crippen LogP contribution < -0.4 is 16.0 Å². The van der Waals surface area contributed by atoms with E-state index in [1.54, 1.807) is 23.1 Å². The van der Waals surface area contributed by atoms with Crippen LogP contribution in [-0.4, -0.2) is 43.2 Å². The van der Waals surface area contributed by atoms with Crippen LogP contribution in [0.1, 0.15) is 35.3 Å². The highest BCUT2D eigenvalue weighted by molar-refractivity contribution is 5.97. The Morgan fingerprint density at radius 3 is 2.55 bits per heavy atom. The number of rotatable bonds is 4. The zero-order valence-electron chi connectivity index (χ0n) is 21.0. The highest BCUT2D eigenvalue weighted by atomic mass is 19.4. The molecular weight excluding hydrogens is 500 g/mol. The number of morpholine rings is 1. The van der Waals surface area contributed by atoms with E-state index in [2.05, 4.69) is 10.3 Å². The predicted molar refractivity (Wildman–Crippen MR) is 137 cm³/mol. The van der Waals surface area contributed by atoms with Gasteiger partial charge in [-0.15, -0.1) is 0 Å². The van der Waals surface area contributed by atoms with Crippen LogP contribution in [0.2, 0.25) is 0 Å². The minimum absolute atomic E-state index is 0.0344. The van der Waals surface area contributed by atoms with Gasteiger partial charge in [-0.3, -0.25) is 4.79 Å². The summed E-state index contributed by atoms with van der Waals surface area (Å²) in [6.07, 6.45) is -4.23. The quantitative estimate of drug-likeness (QED) is 0.355. The fourth-order valence-electron chi connectivity index (χ4n) is 5.04. The average molecular weight is 529 g/mol. The van der Waals surface area contributed by atoms with Crippen molar-refractivity contribution in [1.82, 2.24) is 10.3 Å². The Morgan fingerprint density at radius 1 is 1.08 bits per heavy atom. The summed E-state index contributed by atoms with van der Waals surface area (Å²) in [5.41, 5.74) is 7.50. The van der Waals surface area contributed by atoms with Crippen molar-refractivity contribution in [2.24, 2.45) is 5.92 Å². The number of hydrogen-bond donors (Lipinski definition) is 2. The number of alkyl halides is 3. The molecule has 3 heterocycles. The normalized spacial score (nSPS) is 17.9. The molecule has 0 unspecified atom stereocenters. The zero-order valence-corrected chi connectivity index (χ0v) is 21.0. The van der Waals surface area contributed by atoms with Gasteiger partial charge in [-0.2, -0.15) is 17.6 Å². The fourth-order valence-corrected chi connectivity index (χ4v) is 5.04. The van der Waals surface area contributed by atoms with E-state index < -0.39 is 17.7 Å². The molecule has 3 N–H and O–H groups in total. The van der Waals surface area contributed by atoms with E-state index in [-0.39, 0.29) is 40.6 Å². The Balaban J connectivity index is 1.56.